The van der Waals surface area contributed by atoms with E-state index in [1.165, 1.54) is 0 Å². The minimum Gasteiger partial charge on any atom is -0.369 e. The summed E-state index contributed by atoms with van der Waals surface area (Å²) in [6.07, 6.45) is 3.85. The van der Waals surface area contributed by atoms with Crippen molar-refractivity contribution in [3.63, 3.8) is 0 Å². The quantitative estimate of drug-likeness (QED) is 0.785. The molecule has 18 heavy (non-hydrogen) atoms. The number of rotatable bonds is 5. The molecular weight excluding hydrogens is 232 g/mol. The van der Waals surface area contributed by atoms with Gasteiger partial charge in [0.15, 0.2) is 0 Å². The second-order valence-electron chi connectivity index (χ2n) is 5.39. The Morgan fingerprint density at radius 1 is 1.33 bits per heavy atom. The molecule has 0 aromatic rings. The number of nitrogens with one attached hydrogen (secondary N) is 1. The van der Waals surface area contributed by atoms with Gasteiger partial charge in [-0.1, -0.05) is 0 Å². The molecule has 1 aliphatic heterocycles. The first-order valence-electron chi connectivity index (χ1n) is 6.79. The Bertz CT molecular complexity index is 326. The van der Waals surface area contributed by atoms with Crippen molar-refractivity contribution in [3.05, 3.63) is 0 Å². The van der Waals surface area contributed by atoms with Crippen molar-refractivity contribution in [2.45, 2.75) is 57.7 Å². The van der Waals surface area contributed by atoms with Crippen LogP contribution < -0.4 is 5.32 Å². The molecule has 1 heterocycles. The third kappa shape index (κ3) is 3.45. The lowest BCUT2D eigenvalue weighted by atomic mass is 10.2. The molecule has 0 bridgehead atoms. The Morgan fingerprint density at radius 3 is 2.67 bits per heavy atom. The van der Waals surface area contributed by atoms with E-state index in [2.05, 4.69) is 5.32 Å². The molecule has 1 atom stereocenters. The van der Waals surface area contributed by atoms with Crippen LogP contribution in [0.25, 0.3) is 0 Å². The zero-order valence-electron chi connectivity index (χ0n) is 11.1. The van der Waals surface area contributed by atoms with Crippen LogP contribution in [-0.2, 0) is 14.3 Å². The van der Waals surface area contributed by atoms with Gasteiger partial charge in [-0.2, -0.15) is 0 Å². The first-order chi connectivity index (χ1) is 8.58. The highest BCUT2D eigenvalue weighted by atomic mass is 16.5. The molecule has 2 fully saturated rings. The average Bonchev–Trinajstić information content (AvgIpc) is 2.98. The summed E-state index contributed by atoms with van der Waals surface area (Å²) in [4.78, 5) is 25.7. The number of ether oxygens (including phenoxy) is 1. The molecule has 1 aliphatic carbocycles. The van der Waals surface area contributed by atoms with Gasteiger partial charge in [0.2, 0.25) is 11.8 Å². The van der Waals surface area contributed by atoms with Crippen LogP contribution in [0, 0.1) is 0 Å². The highest BCUT2D eigenvalue weighted by Gasteiger charge is 2.36. The van der Waals surface area contributed by atoms with Crippen molar-refractivity contribution >= 4 is 11.8 Å². The van der Waals surface area contributed by atoms with E-state index in [-0.39, 0.29) is 30.6 Å². The van der Waals surface area contributed by atoms with E-state index in [4.69, 9.17) is 4.74 Å². The van der Waals surface area contributed by atoms with E-state index >= 15 is 0 Å². The van der Waals surface area contributed by atoms with E-state index in [0.717, 1.165) is 25.7 Å². The first-order valence-corrected chi connectivity index (χ1v) is 6.79. The fourth-order valence-corrected chi connectivity index (χ4v) is 2.18. The fraction of sp³-hybridized carbons (Fsp3) is 0.846. The number of amides is 2. The largest absolute Gasteiger partial charge is 0.369 e. The monoisotopic (exact) mass is 254 g/mol. The zero-order valence-corrected chi connectivity index (χ0v) is 11.1. The number of nitrogens with zero attached hydrogens (tertiary/aromatic N) is 1. The summed E-state index contributed by atoms with van der Waals surface area (Å²) >= 11 is 0. The van der Waals surface area contributed by atoms with Crippen molar-refractivity contribution in [2.24, 2.45) is 0 Å². The lowest BCUT2D eigenvalue weighted by molar-refractivity contribution is -0.143. The van der Waals surface area contributed by atoms with Gasteiger partial charge < -0.3 is 15.0 Å². The summed E-state index contributed by atoms with van der Waals surface area (Å²) in [7, 11) is 0. The molecule has 2 rings (SSSR count). The van der Waals surface area contributed by atoms with Crippen LogP contribution in [0.4, 0.5) is 0 Å². The molecule has 0 spiro atoms. The second-order valence-corrected chi connectivity index (χ2v) is 5.39. The zero-order chi connectivity index (χ0) is 13.1. The Balaban J connectivity index is 1.85. The Labute approximate surface area is 108 Å². The maximum Gasteiger partial charge on any atom is 0.249 e. The third-order valence-electron chi connectivity index (χ3n) is 3.34. The number of carbonyl (C=O) groups is 2. The first kappa shape index (κ1) is 13.3. The van der Waals surface area contributed by atoms with Gasteiger partial charge in [-0.25, -0.2) is 0 Å². The standard InChI is InChI=1S/C13H22N2O3/c1-9(2)18-8-12(16)15-7-3-4-11(15)13(17)14-10-5-6-10/h9-11H,3-8H2,1-2H3,(H,14,17). The molecular formula is C13H22N2O3. The van der Waals surface area contributed by atoms with Gasteiger partial charge in [0.25, 0.3) is 0 Å². The number of hydrogen-bond acceptors (Lipinski definition) is 3. The predicted octanol–water partition coefficient (Wildman–Crippen LogP) is 0.681. The molecule has 2 aliphatic rings. The number of likely N-dealkylation sites (tertiary alicyclic amines) is 1. The molecule has 1 saturated carbocycles. The minimum atomic E-state index is -0.283. The summed E-state index contributed by atoms with van der Waals surface area (Å²) in [5, 5.41) is 2.97. The van der Waals surface area contributed by atoms with Gasteiger partial charge >= 0.3 is 0 Å². The maximum absolute atomic E-state index is 12.0. The molecule has 5 nitrogen and oxygen atoms in total. The molecule has 0 aromatic carbocycles. The Morgan fingerprint density at radius 2 is 2.06 bits per heavy atom. The van der Waals surface area contributed by atoms with Crippen molar-refractivity contribution in [3.8, 4) is 0 Å². The van der Waals surface area contributed by atoms with Crippen LogP contribution in [0.5, 0.6) is 0 Å². The summed E-state index contributed by atoms with van der Waals surface area (Å²) < 4.78 is 5.31. The summed E-state index contributed by atoms with van der Waals surface area (Å²) in [6, 6.07) is 0.0656. The van der Waals surface area contributed by atoms with E-state index in [0.29, 0.717) is 12.6 Å². The van der Waals surface area contributed by atoms with Gasteiger partial charge in [-0.3, -0.25) is 9.59 Å². The molecule has 5 heteroatoms. The number of hydrogen-bond donors (Lipinski definition) is 1. The van der Waals surface area contributed by atoms with Crippen LogP contribution in [0.15, 0.2) is 0 Å². The SMILES string of the molecule is CC(C)OCC(=O)N1CCCC1C(=O)NC1CC1. The lowest BCUT2D eigenvalue weighted by Crippen LogP contribution is -2.47. The van der Waals surface area contributed by atoms with E-state index in [9.17, 15) is 9.59 Å². The van der Waals surface area contributed by atoms with E-state index in [1.54, 1.807) is 4.90 Å². The molecule has 0 radical (unpaired) electrons. The van der Waals surface area contributed by atoms with Gasteiger partial charge in [0.05, 0.1) is 6.10 Å². The molecule has 102 valence electrons. The lowest BCUT2D eigenvalue weighted by Gasteiger charge is -2.24. The van der Waals surface area contributed by atoms with Gasteiger partial charge in [-0.15, -0.1) is 0 Å². The van der Waals surface area contributed by atoms with Gasteiger partial charge in [0, 0.05) is 12.6 Å². The van der Waals surface area contributed by atoms with Gasteiger partial charge in [0.1, 0.15) is 12.6 Å². The topological polar surface area (TPSA) is 58.6 Å². The summed E-state index contributed by atoms with van der Waals surface area (Å²) in [5.41, 5.74) is 0. The van der Waals surface area contributed by atoms with E-state index in [1.807, 2.05) is 13.8 Å². The van der Waals surface area contributed by atoms with Crippen LogP contribution in [0.3, 0.4) is 0 Å². The van der Waals surface area contributed by atoms with Gasteiger partial charge in [-0.05, 0) is 39.5 Å². The normalized spacial score (nSPS) is 23.5. The summed E-state index contributed by atoms with van der Waals surface area (Å²) in [5.74, 6) is -0.0648. The van der Waals surface area contributed by atoms with Crippen molar-refractivity contribution < 1.29 is 14.3 Å². The minimum absolute atomic E-state index is 0.00731. The highest BCUT2D eigenvalue weighted by Crippen LogP contribution is 2.22. The third-order valence-corrected chi connectivity index (χ3v) is 3.34. The highest BCUT2D eigenvalue weighted by molar-refractivity contribution is 5.89. The Kier molecular flexibility index (Phi) is 4.22. The molecule has 1 unspecified atom stereocenters. The molecule has 1 N–H and O–H groups in total. The predicted molar refractivity (Wildman–Crippen MR) is 67.0 cm³/mol. The molecule has 2 amide bonds. The van der Waals surface area contributed by atoms with Crippen LogP contribution >= 0.6 is 0 Å². The number of carbonyl (C=O) groups excluding carboxylic acids is 2. The van der Waals surface area contributed by atoms with Crippen molar-refractivity contribution in [1.29, 1.82) is 0 Å². The van der Waals surface area contributed by atoms with Crippen LogP contribution in [-0.4, -0.2) is 48.1 Å². The van der Waals surface area contributed by atoms with Crippen LogP contribution in [0.2, 0.25) is 0 Å². The molecule has 0 aromatic heterocycles. The summed E-state index contributed by atoms with van der Waals surface area (Å²) in [6.45, 7) is 4.54. The fourth-order valence-electron chi connectivity index (χ4n) is 2.18. The molecule has 1 saturated heterocycles. The van der Waals surface area contributed by atoms with Crippen LogP contribution in [0.1, 0.15) is 39.5 Å². The average molecular weight is 254 g/mol. The van der Waals surface area contributed by atoms with Crippen molar-refractivity contribution in [1.82, 2.24) is 10.2 Å². The van der Waals surface area contributed by atoms with Crippen molar-refractivity contribution in [2.75, 3.05) is 13.2 Å². The smallest absolute Gasteiger partial charge is 0.249 e. The van der Waals surface area contributed by atoms with E-state index < -0.39 is 0 Å². The Hall–Kier alpha value is -1.10. The second kappa shape index (κ2) is 5.69. The maximum atomic E-state index is 12.0.